The molecule has 2 heterocycles. The molecule has 0 spiro atoms. The largest absolute Gasteiger partial charge is 0.381 e. The van der Waals surface area contributed by atoms with E-state index < -0.39 is 5.60 Å². The van der Waals surface area contributed by atoms with Crippen molar-refractivity contribution in [2.45, 2.75) is 51.2 Å². The minimum absolute atomic E-state index is 0.0611. The molecule has 19 heavy (non-hydrogen) atoms. The van der Waals surface area contributed by atoms with Gasteiger partial charge in [-0.2, -0.15) is 4.98 Å². The fourth-order valence-corrected chi connectivity index (χ4v) is 2.30. The third kappa shape index (κ3) is 3.32. The van der Waals surface area contributed by atoms with Crippen molar-refractivity contribution >= 4 is 0 Å². The first-order valence-electron chi connectivity index (χ1n) is 7.00. The second kappa shape index (κ2) is 6.45. The molecule has 0 aromatic carbocycles. The van der Waals surface area contributed by atoms with Gasteiger partial charge in [0.05, 0.1) is 0 Å². The highest BCUT2D eigenvalue weighted by molar-refractivity contribution is 5.03. The molecule has 6 nitrogen and oxygen atoms in total. The summed E-state index contributed by atoms with van der Waals surface area (Å²) in [4.78, 5) is 4.47. The molecular weight excluding hydrogens is 246 g/mol. The van der Waals surface area contributed by atoms with Crippen molar-refractivity contribution in [2.75, 3.05) is 19.8 Å². The Labute approximate surface area is 113 Å². The van der Waals surface area contributed by atoms with Crippen LogP contribution in [0.5, 0.6) is 0 Å². The smallest absolute Gasteiger partial charge is 0.228 e. The summed E-state index contributed by atoms with van der Waals surface area (Å²) in [5, 5.41) is 4.10. The number of hydrogen-bond acceptors (Lipinski definition) is 6. The van der Waals surface area contributed by atoms with E-state index in [4.69, 9.17) is 19.7 Å². The van der Waals surface area contributed by atoms with Crippen molar-refractivity contribution in [2.24, 2.45) is 5.73 Å². The molecule has 0 bridgehead atoms. The number of hydrogen-bond donors (Lipinski definition) is 1. The minimum Gasteiger partial charge on any atom is -0.381 e. The third-order valence-electron chi connectivity index (χ3n) is 3.56. The van der Waals surface area contributed by atoms with E-state index in [0.717, 1.165) is 19.3 Å². The average Bonchev–Trinajstić information content (AvgIpc) is 2.89. The van der Waals surface area contributed by atoms with E-state index in [1.807, 2.05) is 13.8 Å². The van der Waals surface area contributed by atoms with Gasteiger partial charge in [-0.05, 0) is 13.3 Å². The lowest BCUT2D eigenvalue weighted by molar-refractivity contribution is -0.118. The second-order valence-corrected chi connectivity index (χ2v) is 4.92. The lowest BCUT2D eigenvalue weighted by Crippen LogP contribution is -2.37. The van der Waals surface area contributed by atoms with Gasteiger partial charge in [0.1, 0.15) is 5.60 Å². The molecule has 0 radical (unpaired) electrons. The van der Waals surface area contributed by atoms with Crippen molar-refractivity contribution in [3.05, 3.63) is 11.7 Å². The Morgan fingerprint density at radius 3 is 2.74 bits per heavy atom. The van der Waals surface area contributed by atoms with Gasteiger partial charge in [-0.1, -0.05) is 12.1 Å². The summed E-state index contributed by atoms with van der Waals surface area (Å²) in [6.07, 6.45) is 3.03. The first kappa shape index (κ1) is 14.4. The highest BCUT2D eigenvalue weighted by atomic mass is 16.5. The maximum atomic E-state index is 5.91. The molecule has 1 saturated heterocycles. The molecule has 2 N–H and O–H groups in total. The van der Waals surface area contributed by atoms with Crippen LogP contribution in [0.4, 0.5) is 0 Å². The van der Waals surface area contributed by atoms with Crippen LogP contribution in [-0.2, 0) is 21.5 Å². The predicted octanol–water partition coefficient (Wildman–Crippen LogP) is 1.39. The van der Waals surface area contributed by atoms with E-state index in [0.29, 0.717) is 38.0 Å². The summed E-state index contributed by atoms with van der Waals surface area (Å²) in [6.45, 7) is 5.97. The molecule has 1 aliphatic heterocycles. The first-order valence-corrected chi connectivity index (χ1v) is 7.00. The molecule has 2 rings (SSSR count). The Morgan fingerprint density at radius 1 is 1.37 bits per heavy atom. The van der Waals surface area contributed by atoms with E-state index >= 15 is 0 Å². The molecule has 1 aromatic heterocycles. The van der Waals surface area contributed by atoms with E-state index in [9.17, 15) is 0 Å². The fraction of sp³-hybridized carbons (Fsp3) is 0.846. The zero-order chi connectivity index (χ0) is 13.7. The Morgan fingerprint density at radius 2 is 2.11 bits per heavy atom. The van der Waals surface area contributed by atoms with Gasteiger partial charge in [-0.15, -0.1) is 0 Å². The molecular formula is C13H23N3O3. The summed E-state index contributed by atoms with van der Waals surface area (Å²) in [5.41, 5.74) is 5.45. The monoisotopic (exact) mass is 269 g/mol. The Balaban J connectivity index is 2.13. The van der Waals surface area contributed by atoms with Crippen LogP contribution < -0.4 is 5.73 Å². The van der Waals surface area contributed by atoms with Gasteiger partial charge in [0.15, 0.2) is 0 Å². The molecule has 1 atom stereocenters. The molecule has 1 aromatic rings. The molecule has 6 heteroatoms. The summed E-state index contributed by atoms with van der Waals surface area (Å²) < 4.78 is 16.6. The summed E-state index contributed by atoms with van der Waals surface area (Å²) in [7, 11) is 0. The second-order valence-electron chi connectivity index (χ2n) is 4.92. The van der Waals surface area contributed by atoms with E-state index in [1.165, 1.54) is 0 Å². The molecule has 0 saturated carbocycles. The van der Waals surface area contributed by atoms with Crippen LogP contribution in [0.15, 0.2) is 4.52 Å². The molecule has 1 fully saturated rings. The number of nitrogens with two attached hydrogens (primary N) is 1. The maximum absolute atomic E-state index is 5.91. The van der Waals surface area contributed by atoms with Gasteiger partial charge in [-0.3, -0.25) is 0 Å². The number of ether oxygens (including phenoxy) is 2. The van der Waals surface area contributed by atoms with Gasteiger partial charge in [0.2, 0.25) is 11.7 Å². The van der Waals surface area contributed by atoms with Gasteiger partial charge in [-0.25, -0.2) is 0 Å². The van der Waals surface area contributed by atoms with Crippen LogP contribution in [0.25, 0.3) is 0 Å². The van der Waals surface area contributed by atoms with E-state index in [-0.39, 0.29) is 6.04 Å². The van der Waals surface area contributed by atoms with Crippen molar-refractivity contribution in [1.82, 2.24) is 10.1 Å². The molecule has 1 aliphatic rings. The van der Waals surface area contributed by atoms with Crippen LogP contribution in [-0.4, -0.2) is 36.0 Å². The maximum Gasteiger partial charge on any atom is 0.228 e. The van der Waals surface area contributed by atoms with Crippen molar-refractivity contribution in [3.8, 4) is 0 Å². The topological polar surface area (TPSA) is 83.4 Å². The zero-order valence-electron chi connectivity index (χ0n) is 11.7. The van der Waals surface area contributed by atoms with E-state index in [1.54, 1.807) is 0 Å². The van der Waals surface area contributed by atoms with Crippen LogP contribution in [0.3, 0.4) is 0 Å². The number of nitrogens with zero attached hydrogens (tertiary/aromatic N) is 2. The normalized spacial score (nSPS) is 20.4. The Bertz CT molecular complexity index is 383. The molecule has 0 amide bonds. The standard InChI is InChI=1S/C13H23N3O3/c1-3-10(14)9-11-15-12(16-19-11)13(18-4-2)5-7-17-8-6-13/h10H,3-9,14H2,1-2H3. The first-order chi connectivity index (χ1) is 9.20. The Kier molecular flexibility index (Phi) is 4.90. The quantitative estimate of drug-likeness (QED) is 0.840. The SMILES string of the molecule is CCOC1(c2noc(CC(N)CC)n2)CCOCC1. The summed E-state index contributed by atoms with van der Waals surface area (Å²) in [5.74, 6) is 1.23. The van der Waals surface area contributed by atoms with Crippen LogP contribution in [0, 0.1) is 0 Å². The third-order valence-corrected chi connectivity index (χ3v) is 3.56. The van der Waals surface area contributed by atoms with Gasteiger partial charge in [0, 0.05) is 45.1 Å². The molecule has 1 unspecified atom stereocenters. The highest BCUT2D eigenvalue weighted by Crippen LogP contribution is 2.34. The van der Waals surface area contributed by atoms with Gasteiger partial charge in [0.25, 0.3) is 0 Å². The summed E-state index contributed by atoms with van der Waals surface area (Å²) >= 11 is 0. The lowest BCUT2D eigenvalue weighted by Gasteiger charge is -2.33. The predicted molar refractivity (Wildman–Crippen MR) is 69.6 cm³/mol. The van der Waals surface area contributed by atoms with Gasteiger partial charge >= 0.3 is 0 Å². The van der Waals surface area contributed by atoms with Crippen LogP contribution >= 0.6 is 0 Å². The van der Waals surface area contributed by atoms with Gasteiger partial charge < -0.3 is 19.7 Å². The van der Waals surface area contributed by atoms with Crippen molar-refractivity contribution in [1.29, 1.82) is 0 Å². The van der Waals surface area contributed by atoms with E-state index in [2.05, 4.69) is 10.1 Å². The van der Waals surface area contributed by atoms with Crippen LogP contribution in [0.2, 0.25) is 0 Å². The van der Waals surface area contributed by atoms with Crippen molar-refractivity contribution in [3.63, 3.8) is 0 Å². The van der Waals surface area contributed by atoms with Crippen molar-refractivity contribution < 1.29 is 14.0 Å². The lowest BCUT2D eigenvalue weighted by atomic mass is 9.93. The number of aromatic nitrogens is 2. The highest BCUT2D eigenvalue weighted by Gasteiger charge is 2.39. The average molecular weight is 269 g/mol. The minimum atomic E-state index is -0.453. The molecule has 0 aliphatic carbocycles. The molecule has 108 valence electrons. The Hall–Kier alpha value is -0.980. The fourth-order valence-electron chi connectivity index (χ4n) is 2.30. The summed E-state index contributed by atoms with van der Waals surface area (Å²) in [6, 6.07) is 0.0611. The van der Waals surface area contributed by atoms with Crippen LogP contribution in [0.1, 0.15) is 44.8 Å². The number of rotatable bonds is 6. The zero-order valence-corrected chi connectivity index (χ0v) is 11.7.